The smallest absolute Gasteiger partial charge is 0 e. The molecule has 0 bridgehead atoms. The zero-order chi connectivity index (χ0) is 0. The first-order valence-corrected chi connectivity index (χ1v) is 0. The van der Waals surface area contributed by atoms with E-state index in [1.165, 1.54) is 0 Å². The molecule has 4 heavy (non-hydrogen) atoms. The molecule has 0 saturated carbocycles. The maximum atomic E-state index is 0. The molecule has 0 aromatic heterocycles. The molecule has 0 saturated heterocycles. The van der Waals surface area contributed by atoms with Gasteiger partial charge in [0.05, 0.1) is 0 Å². The average Bonchev–Trinajstić information content (AvgIpc) is 0. The van der Waals surface area contributed by atoms with Crippen molar-refractivity contribution in [2.24, 2.45) is 0 Å². The Morgan fingerprint density at radius 3 is 1.00 bits per heavy atom. The Bertz CT molecular complexity index is 8.00. The summed E-state index contributed by atoms with van der Waals surface area (Å²) in [7, 11) is 0. The summed E-state index contributed by atoms with van der Waals surface area (Å²) in [6, 6.07) is 0. The molecule has 0 aromatic rings. The molecule has 0 fully saturated rings. The minimum atomic E-state index is 0. The molecule has 0 aliphatic rings. The van der Waals surface area contributed by atoms with Crippen LogP contribution in [0, 0.1) is 41.7 Å². The van der Waals surface area contributed by atoms with Gasteiger partial charge in [0, 0.05) is 63.5 Å². The van der Waals surface area contributed by atoms with E-state index in [0.29, 0.717) is 0 Å². The van der Waals surface area contributed by atoms with Crippen LogP contribution in [-0.4, -0.2) is 80.9 Å². The Labute approximate surface area is 140 Å². The minimum Gasteiger partial charge on any atom is 0 e. The summed E-state index contributed by atoms with van der Waals surface area (Å²) >= 11 is 0. The first-order chi connectivity index (χ1) is 0. The van der Waals surface area contributed by atoms with Crippen LogP contribution in [0.5, 0.6) is 0 Å². The van der Waals surface area contributed by atoms with Crippen molar-refractivity contribution in [3.8, 4) is 0 Å². The fourth-order valence-electron chi connectivity index (χ4n) is 0. The quantitative estimate of drug-likeness (QED) is 0.470. The summed E-state index contributed by atoms with van der Waals surface area (Å²) in [5.41, 5.74) is 0. The number of hydrogen-bond acceptors (Lipinski definition) is 0. The van der Waals surface area contributed by atoms with Crippen molar-refractivity contribution in [3.63, 3.8) is 0 Å². The van der Waals surface area contributed by atoms with Crippen molar-refractivity contribution in [2.45, 2.75) is 0 Å². The van der Waals surface area contributed by atoms with E-state index < -0.39 is 0 Å². The van der Waals surface area contributed by atoms with Gasteiger partial charge in [-0.2, -0.15) is 0 Å². The third-order valence-electron chi connectivity index (χ3n) is 0. The average molecular weight is 252 g/mol. The van der Waals surface area contributed by atoms with Gasteiger partial charge in [-0.25, -0.2) is 0 Å². The van der Waals surface area contributed by atoms with Crippen LogP contribution in [0.25, 0.3) is 0 Å². The Morgan fingerprint density at radius 1 is 1.00 bits per heavy atom. The summed E-state index contributed by atoms with van der Waals surface area (Å²) in [6.07, 6.45) is 0. The number of rotatable bonds is 0. The van der Waals surface area contributed by atoms with Crippen molar-refractivity contribution >= 4 is 80.9 Å². The molecule has 4 heteroatoms. The van der Waals surface area contributed by atoms with Gasteiger partial charge < -0.3 is 0 Å². The van der Waals surface area contributed by atoms with E-state index in [4.69, 9.17) is 0 Å². The summed E-state index contributed by atoms with van der Waals surface area (Å²) in [4.78, 5) is 0. The molecule has 0 heterocycles. The molecule has 0 aromatic carbocycles. The molecule has 0 atom stereocenters. The largest absolute Gasteiger partial charge is 0 e. The predicted octanol–water partition coefficient (Wildman–Crippen LogP) is -1.30. The molecule has 0 unspecified atom stereocenters. The second-order valence-electron chi connectivity index (χ2n) is 0. The normalized spacial score (nSPS) is 0. The van der Waals surface area contributed by atoms with E-state index >= 15 is 0 Å². The second-order valence-corrected chi connectivity index (χ2v) is 0. The molecule has 0 nitrogen and oxygen atoms in total. The zero-order valence-electron chi connectivity index (χ0n) is 1.00. The van der Waals surface area contributed by atoms with Crippen LogP contribution in [0.2, 0.25) is 0 Å². The van der Waals surface area contributed by atoms with Crippen LogP contribution in [0.15, 0.2) is 0 Å². The van der Waals surface area contributed by atoms with E-state index in [2.05, 4.69) is 0 Å². The molecule has 0 rings (SSSR count). The standard InChI is InChI=1S/Ce.K.Na.Ti.2H. The van der Waals surface area contributed by atoms with E-state index in [-0.39, 0.29) is 144 Å². The van der Waals surface area contributed by atoms with Crippen molar-refractivity contribution in [2.75, 3.05) is 0 Å². The Balaban J connectivity index is 0. The van der Waals surface area contributed by atoms with Crippen LogP contribution in [-0.2, 0) is 21.7 Å². The van der Waals surface area contributed by atoms with Gasteiger partial charge in [-0.1, -0.05) is 0 Å². The molecule has 0 amide bonds. The first-order valence-electron chi connectivity index (χ1n) is 0. The van der Waals surface area contributed by atoms with Gasteiger partial charge in [0.25, 0.3) is 0 Å². The van der Waals surface area contributed by atoms with Gasteiger partial charge in [-0.05, 0) is 0 Å². The third kappa shape index (κ3) is 9.87. The van der Waals surface area contributed by atoms with Crippen molar-refractivity contribution < 1.29 is 63.5 Å². The van der Waals surface area contributed by atoms with Crippen molar-refractivity contribution in [1.82, 2.24) is 0 Å². The Morgan fingerprint density at radius 2 is 1.00 bits per heavy atom. The molecule has 0 N–H and O–H groups in total. The molecule has 0 radical (unpaired) electrons. The van der Waals surface area contributed by atoms with Crippen LogP contribution in [0.1, 0.15) is 0 Å². The predicted molar refractivity (Wildman–Crippen MR) is 14.3 cm³/mol. The fraction of sp³-hybridized carbons (Fsp3) is 0. The summed E-state index contributed by atoms with van der Waals surface area (Å²) < 4.78 is 0. The molecule has 12 valence electrons. The van der Waals surface area contributed by atoms with Crippen molar-refractivity contribution in [1.29, 1.82) is 0 Å². The fourth-order valence-corrected chi connectivity index (χ4v) is 0. The van der Waals surface area contributed by atoms with E-state index in [0.717, 1.165) is 0 Å². The number of hydrogen-bond donors (Lipinski definition) is 0. The molecule has 0 aliphatic carbocycles. The minimum absolute atomic E-state index is 0. The van der Waals surface area contributed by atoms with Gasteiger partial charge in [0.1, 0.15) is 0 Å². The summed E-state index contributed by atoms with van der Waals surface area (Å²) in [5, 5.41) is 0. The van der Waals surface area contributed by atoms with E-state index in [1.807, 2.05) is 0 Å². The summed E-state index contributed by atoms with van der Waals surface area (Å²) in [5.74, 6) is 0. The second kappa shape index (κ2) is 15.6. The topological polar surface area (TPSA) is 0 Å². The maximum absolute atomic E-state index is 0. The zero-order valence-corrected chi connectivity index (χ0v) is 5.70. The Kier molecular flexibility index (Phi) is 91.2. The monoisotopic (exact) mass is 252 g/mol. The van der Waals surface area contributed by atoms with Gasteiger partial charge in [0.2, 0.25) is 0 Å². The van der Waals surface area contributed by atoms with Gasteiger partial charge in [-0.15, -0.1) is 0 Å². The van der Waals surface area contributed by atoms with Gasteiger partial charge in [0.15, 0.2) is 0 Å². The SMILES string of the molecule is [Ce].[KH].[NaH].[Ti]. The van der Waals surface area contributed by atoms with E-state index in [1.54, 1.807) is 0 Å². The van der Waals surface area contributed by atoms with Gasteiger partial charge in [-0.3, -0.25) is 0 Å². The van der Waals surface area contributed by atoms with Crippen molar-refractivity contribution in [3.05, 3.63) is 0 Å². The third-order valence-corrected chi connectivity index (χ3v) is 0. The molecular formula is H2CeKNaTi. The van der Waals surface area contributed by atoms with Crippen LogP contribution in [0.3, 0.4) is 0 Å². The molecule has 0 spiro atoms. The van der Waals surface area contributed by atoms with Gasteiger partial charge >= 0.3 is 80.9 Å². The maximum Gasteiger partial charge on any atom is 0 e. The van der Waals surface area contributed by atoms with Crippen LogP contribution in [0.4, 0.5) is 0 Å². The van der Waals surface area contributed by atoms with Crippen LogP contribution < -0.4 is 0 Å². The first kappa shape index (κ1) is 23.3. The van der Waals surface area contributed by atoms with E-state index in [9.17, 15) is 0 Å². The Hall–Kier alpha value is 4.73. The van der Waals surface area contributed by atoms with Crippen LogP contribution >= 0.6 is 0 Å². The molecular weight excluding hydrogens is 250 g/mol. The molecule has 0 aliphatic heterocycles. The summed E-state index contributed by atoms with van der Waals surface area (Å²) in [6.45, 7) is 0.